The molecule has 1 aliphatic heterocycles. The molecule has 174 valence electrons. The van der Waals surface area contributed by atoms with Crippen LogP contribution in [-0.2, 0) is 21.6 Å². The summed E-state index contributed by atoms with van der Waals surface area (Å²) >= 11 is 0. The molecular formula is C21H27N9O3. The smallest absolute Gasteiger partial charge is 0.317 e. The Hall–Kier alpha value is -3.51. The molecule has 12 heteroatoms. The number of hydrogen-bond donors (Lipinski definition) is 2. The number of nitrogens with one attached hydrogen (secondary N) is 2. The SMILES string of the molecule is COCc1cc2c(Nc3cc([C@H]4C[C@@H](Oc5nncn5C(C)(C)C)CO4)[nH]n3)nccn2n1. The first-order valence-electron chi connectivity index (χ1n) is 10.7. The summed E-state index contributed by atoms with van der Waals surface area (Å²) in [4.78, 5) is 4.43. The molecule has 0 aliphatic carbocycles. The molecule has 2 N–H and O–H groups in total. The van der Waals surface area contributed by atoms with Gasteiger partial charge in [0.25, 0.3) is 0 Å². The molecule has 33 heavy (non-hydrogen) atoms. The minimum Gasteiger partial charge on any atom is -0.458 e. The molecule has 0 saturated carbocycles. The van der Waals surface area contributed by atoms with Gasteiger partial charge in [0, 0.05) is 37.5 Å². The molecule has 12 nitrogen and oxygen atoms in total. The van der Waals surface area contributed by atoms with Crippen molar-refractivity contribution in [2.45, 2.75) is 51.5 Å². The van der Waals surface area contributed by atoms with Crippen LogP contribution in [-0.4, -0.2) is 59.4 Å². The van der Waals surface area contributed by atoms with Crippen LogP contribution in [0.5, 0.6) is 6.01 Å². The first kappa shape index (κ1) is 21.3. The van der Waals surface area contributed by atoms with Crippen LogP contribution in [0.4, 0.5) is 11.6 Å². The lowest BCUT2D eigenvalue weighted by Crippen LogP contribution is -2.25. The summed E-state index contributed by atoms with van der Waals surface area (Å²) in [7, 11) is 1.64. The largest absolute Gasteiger partial charge is 0.458 e. The van der Waals surface area contributed by atoms with Crippen molar-refractivity contribution in [3.05, 3.63) is 42.2 Å². The zero-order chi connectivity index (χ0) is 23.0. The minimum absolute atomic E-state index is 0.124. The summed E-state index contributed by atoms with van der Waals surface area (Å²) in [6, 6.07) is 4.35. The van der Waals surface area contributed by atoms with Gasteiger partial charge in [-0.05, 0) is 26.8 Å². The van der Waals surface area contributed by atoms with Crippen molar-refractivity contribution in [2.24, 2.45) is 0 Å². The average molecular weight is 454 g/mol. The zero-order valence-electron chi connectivity index (χ0n) is 19.0. The highest BCUT2D eigenvalue weighted by Crippen LogP contribution is 2.32. The van der Waals surface area contributed by atoms with E-state index < -0.39 is 0 Å². The van der Waals surface area contributed by atoms with Gasteiger partial charge in [-0.15, -0.1) is 5.10 Å². The molecule has 0 spiro atoms. The van der Waals surface area contributed by atoms with Gasteiger partial charge in [0.15, 0.2) is 11.6 Å². The van der Waals surface area contributed by atoms with E-state index in [-0.39, 0.29) is 17.7 Å². The Morgan fingerprint density at radius 3 is 3.00 bits per heavy atom. The Kier molecular flexibility index (Phi) is 5.46. The third kappa shape index (κ3) is 4.39. The van der Waals surface area contributed by atoms with E-state index in [0.29, 0.717) is 37.3 Å². The number of hydrogen-bond acceptors (Lipinski definition) is 9. The van der Waals surface area contributed by atoms with Crippen LogP contribution in [0.3, 0.4) is 0 Å². The van der Waals surface area contributed by atoms with Gasteiger partial charge in [-0.1, -0.05) is 5.10 Å². The lowest BCUT2D eigenvalue weighted by Gasteiger charge is -2.22. The number of aromatic amines is 1. The van der Waals surface area contributed by atoms with Crippen LogP contribution in [0.1, 0.15) is 44.7 Å². The topological polar surface area (TPSA) is 129 Å². The molecule has 5 heterocycles. The summed E-state index contributed by atoms with van der Waals surface area (Å²) < 4.78 is 20.9. The van der Waals surface area contributed by atoms with Gasteiger partial charge in [0.2, 0.25) is 0 Å². The second-order valence-electron chi connectivity index (χ2n) is 8.96. The number of aromatic nitrogens is 8. The maximum absolute atomic E-state index is 6.08. The standard InChI is InChI=1S/C21H27N9O3/c1-21(2,3)29-12-23-27-20(29)33-14-8-17(32-11-14)15-9-18(26-25-15)24-19-16-7-13(10-31-4)28-30(16)6-5-22-19/h5-7,9,12,14,17H,8,10-11H2,1-4H3,(H2,22,24,25,26)/t14-,17-/m1/s1. The third-order valence-corrected chi connectivity index (χ3v) is 5.40. The van der Waals surface area contributed by atoms with Crippen LogP contribution in [0, 0.1) is 0 Å². The summed E-state index contributed by atoms with van der Waals surface area (Å²) in [5, 5.41) is 23.3. The Morgan fingerprint density at radius 1 is 1.30 bits per heavy atom. The van der Waals surface area contributed by atoms with Crippen molar-refractivity contribution >= 4 is 17.2 Å². The van der Waals surface area contributed by atoms with Crippen molar-refractivity contribution in [3.63, 3.8) is 0 Å². The quantitative estimate of drug-likeness (QED) is 0.434. The van der Waals surface area contributed by atoms with E-state index >= 15 is 0 Å². The molecule has 4 aromatic heterocycles. The van der Waals surface area contributed by atoms with Gasteiger partial charge in [0.1, 0.15) is 24.1 Å². The Balaban J connectivity index is 1.26. The van der Waals surface area contributed by atoms with E-state index in [0.717, 1.165) is 16.9 Å². The molecular weight excluding hydrogens is 426 g/mol. The molecule has 1 fully saturated rings. The first-order chi connectivity index (χ1) is 15.9. The highest BCUT2D eigenvalue weighted by molar-refractivity contribution is 5.72. The maximum atomic E-state index is 6.08. The molecule has 4 aromatic rings. The fraction of sp³-hybridized carbons (Fsp3) is 0.476. The first-order valence-corrected chi connectivity index (χ1v) is 10.7. The Morgan fingerprint density at radius 2 is 2.18 bits per heavy atom. The van der Waals surface area contributed by atoms with Gasteiger partial charge in [-0.25, -0.2) is 9.50 Å². The van der Waals surface area contributed by atoms with Crippen molar-refractivity contribution in [1.29, 1.82) is 0 Å². The second-order valence-corrected chi connectivity index (χ2v) is 8.96. The van der Waals surface area contributed by atoms with Crippen LogP contribution in [0.25, 0.3) is 5.52 Å². The van der Waals surface area contributed by atoms with E-state index in [1.54, 1.807) is 30.3 Å². The van der Waals surface area contributed by atoms with Crippen molar-refractivity contribution in [1.82, 2.24) is 39.6 Å². The predicted octanol–water partition coefficient (Wildman–Crippen LogP) is 2.60. The number of rotatable bonds is 7. The molecule has 2 atom stereocenters. The molecule has 0 bridgehead atoms. The van der Waals surface area contributed by atoms with E-state index in [1.807, 2.05) is 16.7 Å². The monoisotopic (exact) mass is 453 g/mol. The molecule has 0 unspecified atom stereocenters. The van der Waals surface area contributed by atoms with Crippen LogP contribution in [0.15, 0.2) is 30.9 Å². The van der Waals surface area contributed by atoms with E-state index in [4.69, 9.17) is 14.2 Å². The fourth-order valence-electron chi connectivity index (χ4n) is 3.79. The van der Waals surface area contributed by atoms with E-state index in [2.05, 4.69) is 56.6 Å². The molecule has 5 rings (SSSR count). The predicted molar refractivity (Wildman–Crippen MR) is 118 cm³/mol. The van der Waals surface area contributed by atoms with E-state index in [9.17, 15) is 0 Å². The summed E-state index contributed by atoms with van der Waals surface area (Å²) in [6.45, 7) is 7.13. The summed E-state index contributed by atoms with van der Waals surface area (Å²) in [6.07, 6.45) is 5.56. The lowest BCUT2D eigenvalue weighted by molar-refractivity contribution is 0.0874. The highest BCUT2D eigenvalue weighted by Gasteiger charge is 2.31. The third-order valence-electron chi connectivity index (χ3n) is 5.40. The molecule has 0 aromatic carbocycles. The molecule has 1 saturated heterocycles. The Bertz CT molecular complexity index is 1240. The average Bonchev–Trinajstić information content (AvgIpc) is 3.54. The zero-order valence-corrected chi connectivity index (χ0v) is 19.0. The van der Waals surface area contributed by atoms with Gasteiger partial charge in [-0.2, -0.15) is 10.2 Å². The number of fused-ring (bicyclic) bond motifs is 1. The summed E-state index contributed by atoms with van der Waals surface area (Å²) in [5.74, 6) is 1.29. The minimum atomic E-state index is -0.168. The number of H-pyrrole nitrogens is 1. The van der Waals surface area contributed by atoms with Gasteiger partial charge in [-0.3, -0.25) is 9.67 Å². The number of nitrogens with zero attached hydrogens (tertiary/aromatic N) is 7. The molecule has 1 aliphatic rings. The van der Waals surface area contributed by atoms with Gasteiger partial charge in [0.05, 0.1) is 24.6 Å². The van der Waals surface area contributed by atoms with Crippen LogP contribution < -0.4 is 10.1 Å². The van der Waals surface area contributed by atoms with Gasteiger partial charge < -0.3 is 19.5 Å². The molecule has 0 amide bonds. The number of methoxy groups -OCH3 is 1. The normalized spacial score (nSPS) is 18.8. The van der Waals surface area contributed by atoms with Gasteiger partial charge >= 0.3 is 6.01 Å². The second kappa shape index (κ2) is 8.45. The molecule has 0 radical (unpaired) electrons. The van der Waals surface area contributed by atoms with Crippen molar-refractivity contribution < 1.29 is 14.2 Å². The highest BCUT2D eigenvalue weighted by atomic mass is 16.6. The lowest BCUT2D eigenvalue weighted by atomic mass is 10.1. The fourth-order valence-corrected chi connectivity index (χ4v) is 3.79. The van der Waals surface area contributed by atoms with Crippen LogP contribution in [0.2, 0.25) is 0 Å². The van der Waals surface area contributed by atoms with Crippen LogP contribution >= 0.6 is 0 Å². The number of ether oxygens (including phenoxy) is 3. The summed E-state index contributed by atoms with van der Waals surface area (Å²) in [5.41, 5.74) is 2.35. The van der Waals surface area contributed by atoms with Crippen molar-refractivity contribution in [2.75, 3.05) is 19.0 Å². The number of anilines is 2. The van der Waals surface area contributed by atoms with Crippen molar-refractivity contribution in [3.8, 4) is 6.01 Å². The maximum Gasteiger partial charge on any atom is 0.317 e. The Labute approximate surface area is 190 Å². The van der Waals surface area contributed by atoms with E-state index in [1.165, 1.54) is 0 Å².